The molecule has 17 heavy (non-hydrogen) atoms. The van der Waals surface area contributed by atoms with E-state index in [1.807, 2.05) is 12.1 Å². The Kier molecular flexibility index (Phi) is 3.15. The van der Waals surface area contributed by atoms with Crippen molar-refractivity contribution in [1.29, 1.82) is 0 Å². The van der Waals surface area contributed by atoms with Gasteiger partial charge in [0.2, 0.25) is 0 Å². The van der Waals surface area contributed by atoms with Gasteiger partial charge in [-0.2, -0.15) is 0 Å². The number of nitrogens with one attached hydrogen (secondary N) is 1. The first-order valence-corrected chi connectivity index (χ1v) is 5.49. The fraction of sp³-hybridized carbons (Fsp3) is 0.167. The Labute approximate surface area is 103 Å². The van der Waals surface area contributed by atoms with Crippen molar-refractivity contribution in [3.8, 4) is 11.3 Å². The van der Waals surface area contributed by atoms with Gasteiger partial charge in [-0.25, -0.2) is 4.98 Å². The molecule has 2 rings (SSSR count). The van der Waals surface area contributed by atoms with Gasteiger partial charge in [-0.3, -0.25) is 4.79 Å². The highest BCUT2D eigenvalue weighted by Crippen LogP contribution is 2.21. The Morgan fingerprint density at radius 1 is 1.41 bits per heavy atom. The van der Waals surface area contributed by atoms with E-state index < -0.39 is 11.9 Å². The summed E-state index contributed by atoms with van der Waals surface area (Å²) >= 11 is 5.79. The maximum absolute atomic E-state index is 10.8. The van der Waals surface area contributed by atoms with E-state index in [4.69, 9.17) is 16.7 Å². The zero-order chi connectivity index (χ0) is 12.4. The Balaban J connectivity index is 2.29. The summed E-state index contributed by atoms with van der Waals surface area (Å²) in [5.74, 6) is -1.10. The fourth-order valence-corrected chi connectivity index (χ4v) is 1.58. The standard InChI is InChI=1S/C12H11ClN2O2/c1-7(12(16)17)11-14-6-10(15-11)8-2-4-9(13)5-3-8/h2-7H,1H3,(H,14,15)(H,16,17). The third-order valence-corrected chi connectivity index (χ3v) is 2.78. The molecule has 0 spiro atoms. The normalized spacial score (nSPS) is 12.4. The number of carboxylic acids is 1. The van der Waals surface area contributed by atoms with Crippen LogP contribution in [-0.4, -0.2) is 21.0 Å². The van der Waals surface area contributed by atoms with Gasteiger partial charge >= 0.3 is 5.97 Å². The van der Waals surface area contributed by atoms with Crippen molar-refractivity contribution in [3.05, 3.63) is 41.3 Å². The zero-order valence-corrected chi connectivity index (χ0v) is 9.90. The van der Waals surface area contributed by atoms with Gasteiger partial charge in [-0.1, -0.05) is 23.7 Å². The minimum atomic E-state index is -0.901. The number of carbonyl (C=O) groups is 1. The maximum atomic E-state index is 10.8. The quantitative estimate of drug-likeness (QED) is 0.880. The SMILES string of the molecule is CC(C(=O)O)c1ncc(-c2ccc(Cl)cc2)[nH]1. The van der Waals surface area contributed by atoms with Crippen LogP contribution < -0.4 is 0 Å². The van der Waals surface area contributed by atoms with Crippen molar-refractivity contribution in [2.45, 2.75) is 12.8 Å². The van der Waals surface area contributed by atoms with E-state index in [9.17, 15) is 4.79 Å². The number of aromatic amines is 1. The summed E-state index contributed by atoms with van der Waals surface area (Å²) < 4.78 is 0. The van der Waals surface area contributed by atoms with Gasteiger partial charge in [0.05, 0.1) is 11.9 Å². The van der Waals surface area contributed by atoms with Gasteiger partial charge in [0.25, 0.3) is 0 Å². The number of aliphatic carboxylic acids is 1. The molecular weight excluding hydrogens is 240 g/mol. The number of rotatable bonds is 3. The summed E-state index contributed by atoms with van der Waals surface area (Å²) in [5, 5.41) is 9.53. The van der Waals surface area contributed by atoms with E-state index in [-0.39, 0.29) is 0 Å². The monoisotopic (exact) mass is 250 g/mol. The minimum absolute atomic E-state index is 0.447. The summed E-state index contributed by atoms with van der Waals surface area (Å²) in [6.45, 7) is 1.59. The number of aromatic nitrogens is 2. The van der Waals surface area contributed by atoms with Crippen molar-refractivity contribution < 1.29 is 9.90 Å². The van der Waals surface area contributed by atoms with E-state index >= 15 is 0 Å². The lowest BCUT2D eigenvalue weighted by atomic mass is 10.1. The highest BCUT2D eigenvalue weighted by atomic mass is 35.5. The van der Waals surface area contributed by atoms with Gasteiger partial charge < -0.3 is 10.1 Å². The largest absolute Gasteiger partial charge is 0.481 e. The second-order valence-electron chi connectivity index (χ2n) is 3.75. The van der Waals surface area contributed by atoms with E-state index in [1.165, 1.54) is 0 Å². The second-order valence-corrected chi connectivity index (χ2v) is 4.19. The van der Waals surface area contributed by atoms with Gasteiger partial charge in [0.1, 0.15) is 11.7 Å². The molecule has 1 heterocycles. The van der Waals surface area contributed by atoms with E-state index in [0.29, 0.717) is 10.8 Å². The molecule has 88 valence electrons. The van der Waals surface area contributed by atoms with Crippen LogP contribution in [0.15, 0.2) is 30.5 Å². The van der Waals surface area contributed by atoms with E-state index in [2.05, 4.69) is 9.97 Å². The molecule has 0 bridgehead atoms. The van der Waals surface area contributed by atoms with Crippen LogP contribution in [0, 0.1) is 0 Å². The molecule has 0 aliphatic rings. The Hall–Kier alpha value is -1.81. The summed E-state index contributed by atoms with van der Waals surface area (Å²) in [6.07, 6.45) is 1.62. The van der Waals surface area contributed by atoms with Crippen molar-refractivity contribution in [2.75, 3.05) is 0 Å². The number of carboxylic acid groups (broad SMARTS) is 1. The Morgan fingerprint density at radius 2 is 2.06 bits per heavy atom. The molecule has 1 unspecified atom stereocenters. The van der Waals surface area contributed by atoms with E-state index in [1.54, 1.807) is 25.3 Å². The van der Waals surface area contributed by atoms with Crippen LogP contribution in [0.5, 0.6) is 0 Å². The summed E-state index contributed by atoms with van der Waals surface area (Å²) in [5.41, 5.74) is 1.70. The third kappa shape index (κ3) is 2.47. The highest BCUT2D eigenvalue weighted by Gasteiger charge is 2.17. The molecule has 0 fully saturated rings. The zero-order valence-electron chi connectivity index (χ0n) is 9.14. The number of halogens is 1. The van der Waals surface area contributed by atoms with Crippen LogP contribution in [0.4, 0.5) is 0 Å². The molecule has 2 N–H and O–H groups in total. The Bertz CT molecular complexity index is 534. The molecule has 0 aliphatic heterocycles. The van der Waals surface area contributed by atoms with Crippen molar-refractivity contribution in [2.24, 2.45) is 0 Å². The average Bonchev–Trinajstić information content (AvgIpc) is 2.78. The van der Waals surface area contributed by atoms with Crippen LogP contribution in [0.2, 0.25) is 5.02 Å². The predicted molar refractivity (Wildman–Crippen MR) is 65.1 cm³/mol. The van der Waals surface area contributed by atoms with Crippen LogP contribution in [0.25, 0.3) is 11.3 Å². The Morgan fingerprint density at radius 3 is 2.65 bits per heavy atom. The molecule has 0 saturated carbocycles. The summed E-state index contributed by atoms with van der Waals surface area (Å²) in [4.78, 5) is 17.9. The molecule has 0 aliphatic carbocycles. The number of nitrogens with zero attached hydrogens (tertiary/aromatic N) is 1. The molecule has 1 aromatic heterocycles. The highest BCUT2D eigenvalue weighted by molar-refractivity contribution is 6.30. The number of hydrogen-bond donors (Lipinski definition) is 2. The van der Waals surface area contributed by atoms with Gasteiger partial charge in [0.15, 0.2) is 0 Å². The topological polar surface area (TPSA) is 66.0 Å². The lowest BCUT2D eigenvalue weighted by Crippen LogP contribution is -2.08. The summed E-state index contributed by atoms with van der Waals surface area (Å²) in [7, 11) is 0. The fourth-order valence-electron chi connectivity index (χ4n) is 1.45. The van der Waals surface area contributed by atoms with Crippen molar-refractivity contribution >= 4 is 17.6 Å². The number of benzene rings is 1. The molecule has 0 amide bonds. The van der Waals surface area contributed by atoms with Crippen molar-refractivity contribution in [1.82, 2.24) is 9.97 Å². The average molecular weight is 251 g/mol. The predicted octanol–water partition coefficient (Wildman–Crippen LogP) is 2.92. The summed E-state index contributed by atoms with van der Waals surface area (Å²) in [6, 6.07) is 7.26. The van der Waals surface area contributed by atoms with Gasteiger partial charge in [-0.05, 0) is 24.6 Å². The molecule has 0 radical (unpaired) electrons. The van der Waals surface area contributed by atoms with Crippen LogP contribution in [-0.2, 0) is 4.79 Å². The molecule has 0 saturated heterocycles. The molecular formula is C12H11ClN2O2. The van der Waals surface area contributed by atoms with Crippen LogP contribution in [0.1, 0.15) is 18.7 Å². The lowest BCUT2D eigenvalue weighted by Gasteiger charge is -2.01. The first kappa shape index (κ1) is 11.7. The number of hydrogen-bond acceptors (Lipinski definition) is 2. The van der Waals surface area contributed by atoms with Gasteiger partial charge in [-0.15, -0.1) is 0 Å². The molecule has 2 aromatic rings. The lowest BCUT2D eigenvalue weighted by molar-refractivity contribution is -0.138. The first-order chi connectivity index (χ1) is 8.08. The molecule has 4 nitrogen and oxygen atoms in total. The first-order valence-electron chi connectivity index (χ1n) is 5.11. The van der Waals surface area contributed by atoms with E-state index in [0.717, 1.165) is 11.3 Å². The van der Waals surface area contributed by atoms with Crippen molar-refractivity contribution in [3.63, 3.8) is 0 Å². The number of imidazole rings is 1. The third-order valence-electron chi connectivity index (χ3n) is 2.53. The molecule has 1 atom stereocenters. The molecule has 1 aromatic carbocycles. The molecule has 5 heteroatoms. The number of H-pyrrole nitrogens is 1. The minimum Gasteiger partial charge on any atom is -0.481 e. The second kappa shape index (κ2) is 4.59. The smallest absolute Gasteiger partial charge is 0.313 e. The van der Waals surface area contributed by atoms with Crippen LogP contribution >= 0.6 is 11.6 Å². The maximum Gasteiger partial charge on any atom is 0.313 e. The van der Waals surface area contributed by atoms with Crippen LogP contribution in [0.3, 0.4) is 0 Å². The van der Waals surface area contributed by atoms with Gasteiger partial charge in [0, 0.05) is 5.02 Å².